The summed E-state index contributed by atoms with van der Waals surface area (Å²) in [5.41, 5.74) is 6.14. The number of nitrogens with zero attached hydrogens (tertiary/aromatic N) is 1. The minimum Gasteiger partial charge on any atom is -0.492 e. The van der Waals surface area contributed by atoms with Crippen molar-refractivity contribution in [1.29, 1.82) is 0 Å². The van der Waals surface area contributed by atoms with Crippen molar-refractivity contribution in [2.24, 2.45) is 22.7 Å². The van der Waals surface area contributed by atoms with Gasteiger partial charge in [0.2, 0.25) is 5.91 Å². The number of hydrogen-bond donors (Lipinski definition) is 3. The van der Waals surface area contributed by atoms with Crippen LogP contribution in [0.2, 0.25) is 0 Å². The molecule has 6 nitrogen and oxygen atoms in total. The van der Waals surface area contributed by atoms with Crippen LogP contribution in [-0.4, -0.2) is 23.6 Å². The van der Waals surface area contributed by atoms with Crippen LogP contribution in [0.3, 0.4) is 0 Å². The van der Waals surface area contributed by atoms with Crippen LogP contribution in [0.15, 0.2) is 29.4 Å². The number of oxime groups is 1. The summed E-state index contributed by atoms with van der Waals surface area (Å²) in [6.07, 6.45) is 0. The summed E-state index contributed by atoms with van der Waals surface area (Å²) in [5, 5.41) is 14.5. The SMILES string of the molecule is CCOc1ccccc1NC(=O)C(C(N)=NO)C(C)C. The number of anilines is 1. The van der Waals surface area contributed by atoms with Gasteiger partial charge in [0.05, 0.1) is 12.3 Å². The number of amidine groups is 1. The molecule has 0 saturated carbocycles. The molecule has 0 heterocycles. The number of nitrogens with two attached hydrogens (primary N) is 1. The minimum atomic E-state index is -0.699. The molecule has 6 heteroatoms. The fourth-order valence-electron chi connectivity index (χ4n) is 1.90. The van der Waals surface area contributed by atoms with E-state index in [0.717, 1.165) is 0 Å². The predicted molar refractivity (Wildman–Crippen MR) is 78.0 cm³/mol. The van der Waals surface area contributed by atoms with Gasteiger partial charge in [0.1, 0.15) is 11.7 Å². The molecule has 0 aliphatic heterocycles. The Kier molecular flexibility index (Phi) is 5.83. The lowest BCUT2D eigenvalue weighted by Gasteiger charge is -2.19. The topological polar surface area (TPSA) is 96.9 Å². The lowest BCUT2D eigenvalue weighted by atomic mass is 9.93. The Morgan fingerprint density at radius 2 is 2.10 bits per heavy atom. The molecule has 1 aromatic carbocycles. The summed E-state index contributed by atoms with van der Waals surface area (Å²) < 4.78 is 5.44. The molecule has 1 unspecified atom stereocenters. The first-order chi connectivity index (χ1) is 9.51. The highest BCUT2D eigenvalue weighted by molar-refractivity contribution is 6.08. The highest BCUT2D eigenvalue weighted by Gasteiger charge is 2.27. The van der Waals surface area contributed by atoms with Gasteiger partial charge in [-0.1, -0.05) is 31.1 Å². The van der Waals surface area contributed by atoms with E-state index in [0.29, 0.717) is 18.0 Å². The monoisotopic (exact) mass is 279 g/mol. The average Bonchev–Trinajstić information content (AvgIpc) is 2.40. The van der Waals surface area contributed by atoms with Gasteiger partial charge in [-0.25, -0.2) is 0 Å². The first kappa shape index (κ1) is 15.8. The number of para-hydroxylation sites is 2. The van der Waals surface area contributed by atoms with Gasteiger partial charge in [0, 0.05) is 0 Å². The maximum atomic E-state index is 12.3. The van der Waals surface area contributed by atoms with Crippen molar-refractivity contribution in [1.82, 2.24) is 0 Å². The molecular weight excluding hydrogens is 258 g/mol. The van der Waals surface area contributed by atoms with Crippen LogP contribution >= 0.6 is 0 Å². The quantitative estimate of drug-likeness (QED) is 0.321. The number of ether oxygens (including phenoxy) is 1. The molecule has 20 heavy (non-hydrogen) atoms. The van der Waals surface area contributed by atoms with Crippen LogP contribution in [0.1, 0.15) is 20.8 Å². The Morgan fingerprint density at radius 3 is 2.65 bits per heavy atom. The fourth-order valence-corrected chi connectivity index (χ4v) is 1.90. The van der Waals surface area contributed by atoms with Crippen molar-refractivity contribution in [2.75, 3.05) is 11.9 Å². The van der Waals surface area contributed by atoms with E-state index in [-0.39, 0.29) is 17.7 Å². The summed E-state index contributed by atoms with van der Waals surface area (Å²) in [6, 6.07) is 7.13. The molecule has 0 bridgehead atoms. The Morgan fingerprint density at radius 1 is 1.45 bits per heavy atom. The van der Waals surface area contributed by atoms with Crippen molar-refractivity contribution < 1.29 is 14.7 Å². The standard InChI is InChI=1S/C14H21N3O3/c1-4-20-11-8-6-5-7-10(11)16-14(18)12(9(2)3)13(15)17-19/h5-9,12,19H,4H2,1-3H3,(H2,15,17)(H,16,18). The molecular formula is C14H21N3O3. The predicted octanol–water partition coefficient (Wildman–Crippen LogP) is 2.04. The van der Waals surface area contributed by atoms with E-state index in [4.69, 9.17) is 15.7 Å². The number of carbonyl (C=O) groups excluding carboxylic acids is 1. The van der Waals surface area contributed by atoms with Crippen LogP contribution in [0, 0.1) is 11.8 Å². The zero-order valence-corrected chi connectivity index (χ0v) is 12.0. The number of carbonyl (C=O) groups is 1. The molecule has 1 atom stereocenters. The third-order valence-corrected chi connectivity index (χ3v) is 2.83. The van der Waals surface area contributed by atoms with E-state index in [2.05, 4.69) is 10.5 Å². The maximum Gasteiger partial charge on any atom is 0.235 e. The summed E-state index contributed by atoms with van der Waals surface area (Å²) >= 11 is 0. The van der Waals surface area contributed by atoms with Gasteiger partial charge in [-0.15, -0.1) is 0 Å². The number of rotatable bonds is 6. The van der Waals surface area contributed by atoms with Crippen LogP contribution in [0.4, 0.5) is 5.69 Å². The largest absolute Gasteiger partial charge is 0.492 e. The molecule has 1 rings (SSSR count). The van der Waals surface area contributed by atoms with Crippen LogP contribution in [0.25, 0.3) is 0 Å². The van der Waals surface area contributed by atoms with Crippen LogP contribution in [0.5, 0.6) is 5.75 Å². The molecule has 0 aliphatic rings. The number of nitrogens with one attached hydrogen (secondary N) is 1. The number of hydrogen-bond acceptors (Lipinski definition) is 4. The second-order valence-corrected chi connectivity index (χ2v) is 4.66. The average molecular weight is 279 g/mol. The van der Waals surface area contributed by atoms with Gasteiger partial charge in [0.25, 0.3) is 0 Å². The Balaban J connectivity index is 2.94. The highest BCUT2D eigenvalue weighted by Crippen LogP contribution is 2.25. The maximum absolute atomic E-state index is 12.3. The molecule has 1 aromatic rings. The molecule has 4 N–H and O–H groups in total. The third-order valence-electron chi connectivity index (χ3n) is 2.83. The number of amides is 1. The van der Waals surface area contributed by atoms with E-state index in [9.17, 15) is 4.79 Å². The third kappa shape index (κ3) is 3.88. The zero-order chi connectivity index (χ0) is 15.1. The van der Waals surface area contributed by atoms with Crippen molar-refractivity contribution in [3.63, 3.8) is 0 Å². The Bertz CT molecular complexity index is 486. The molecule has 0 spiro atoms. The summed E-state index contributed by atoms with van der Waals surface area (Å²) in [5.74, 6) is -0.640. The fraction of sp³-hybridized carbons (Fsp3) is 0.429. The lowest BCUT2D eigenvalue weighted by molar-refractivity contribution is -0.119. The van der Waals surface area contributed by atoms with Gasteiger partial charge >= 0.3 is 0 Å². The molecule has 1 amide bonds. The highest BCUT2D eigenvalue weighted by atomic mass is 16.5. The molecule has 0 fully saturated rings. The van der Waals surface area contributed by atoms with Gasteiger partial charge in [-0.3, -0.25) is 4.79 Å². The second-order valence-electron chi connectivity index (χ2n) is 4.66. The molecule has 0 aliphatic carbocycles. The van der Waals surface area contributed by atoms with Gasteiger partial charge < -0.3 is 21.0 Å². The van der Waals surface area contributed by atoms with Crippen LogP contribution in [-0.2, 0) is 4.79 Å². The van der Waals surface area contributed by atoms with Crippen LogP contribution < -0.4 is 15.8 Å². The van der Waals surface area contributed by atoms with E-state index >= 15 is 0 Å². The van der Waals surface area contributed by atoms with Crippen molar-refractivity contribution >= 4 is 17.4 Å². The first-order valence-corrected chi connectivity index (χ1v) is 6.51. The van der Waals surface area contributed by atoms with Crippen molar-refractivity contribution in [2.45, 2.75) is 20.8 Å². The Labute approximate surface area is 118 Å². The molecule has 0 aromatic heterocycles. The van der Waals surface area contributed by atoms with Crippen molar-refractivity contribution in [3.8, 4) is 5.75 Å². The molecule has 0 saturated heterocycles. The zero-order valence-electron chi connectivity index (χ0n) is 12.0. The minimum absolute atomic E-state index is 0.0924. The molecule has 0 radical (unpaired) electrons. The smallest absolute Gasteiger partial charge is 0.235 e. The van der Waals surface area contributed by atoms with E-state index in [1.807, 2.05) is 26.8 Å². The van der Waals surface area contributed by atoms with Gasteiger partial charge in [-0.2, -0.15) is 0 Å². The van der Waals surface area contributed by atoms with E-state index in [1.54, 1.807) is 18.2 Å². The Hall–Kier alpha value is -2.24. The normalized spacial score (nSPS) is 13.1. The van der Waals surface area contributed by atoms with Crippen molar-refractivity contribution in [3.05, 3.63) is 24.3 Å². The summed E-state index contributed by atoms with van der Waals surface area (Å²) in [7, 11) is 0. The number of benzene rings is 1. The van der Waals surface area contributed by atoms with Gasteiger partial charge in [0.15, 0.2) is 5.84 Å². The first-order valence-electron chi connectivity index (χ1n) is 6.51. The van der Waals surface area contributed by atoms with Gasteiger partial charge in [-0.05, 0) is 25.0 Å². The summed E-state index contributed by atoms with van der Waals surface area (Å²) in [6.45, 7) is 6.03. The van der Waals surface area contributed by atoms with E-state index in [1.165, 1.54) is 0 Å². The lowest BCUT2D eigenvalue weighted by Crippen LogP contribution is -2.38. The molecule has 110 valence electrons. The summed E-state index contributed by atoms with van der Waals surface area (Å²) in [4.78, 5) is 12.3. The van der Waals surface area contributed by atoms with E-state index < -0.39 is 5.92 Å². The second kappa shape index (κ2) is 7.37.